The molecule has 4 heteroatoms. The molecule has 3 heterocycles. The molecule has 0 aliphatic carbocycles. The fourth-order valence-electron chi connectivity index (χ4n) is 8.15. The fraction of sp³-hybridized carbons (Fsp3) is 0.0233. The van der Waals surface area contributed by atoms with Crippen molar-refractivity contribution < 1.29 is 0 Å². The van der Waals surface area contributed by atoms with Crippen molar-refractivity contribution in [1.82, 2.24) is 9.38 Å². The van der Waals surface area contributed by atoms with Gasteiger partial charge in [0, 0.05) is 21.5 Å². The SMILES string of the molecule is O=c1c2ccc(N3c4ccccc4C(c4ccccc4)(c4ccccc4)c4ccccc43)c3cccc(c32)c2nc3ccccc3n12. The van der Waals surface area contributed by atoms with Gasteiger partial charge in [0.05, 0.1) is 33.5 Å². The van der Waals surface area contributed by atoms with Crippen molar-refractivity contribution in [2.24, 2.45) is 0 Å². The topological polar surface area (TPSA) is 37.6 Å². The predicted molar refractivity (Wildman–Crippen MR) is 192 cm³/mol. The maximum Gasteiger partial charge on any atom is 0.264 e. The summed E-state index contributed by atoms with van der Waals surface area (Å²) in [6, 6.07) is 57.5. The van der Waals surface area contributed by atoms with Crippen LogP contribution in [0.1, 0.15) is 22.3 Å². The highest BCUT2D eigenvalue weighted by Crippen LogP contribution is 2.58. The van der Waals surface area contributed by atoms with Gasteiger partial charge in [0.2, 0.25) is 0 Å². The highest BCUT2D eigenvalue weighted by molar-refractivity contribution is 6.20. The average Bonchev–Trinajstić information content (AvgIpc) is 3.54. The Morgan fingerprint density at radius 1 is 0.468 bits per heavy atom. The van der Waals surface area contributed by atoms with Crippen molar-refractivity contribution in [3.8, 4) is 0 Å². The third-order valence-electron chi connectivity index (χ3n) is 10.0. The van der Waals surface area contributed by atoms with Crippen LogP contribution in [0.25, 0.3) is 38.2 Å². The van der Waals surface area contributed by atoms with E-state index in [4.69, 9.17) is 4.98 Å². The van der Waals surface area contributed by atoms with E-state index in [9.17, 15) is 4.79 Å². The first kappa shape index (κ1) is 26.0. The lowest BCUT2D eigenvalue weighted by molar-refractivity contribution is 0.731. The van der Waals surface area contributed by atoms with Gasteiger partial charge in [-0.2, -0.15) is 0 Å². The molecule has 0 amide bonds. The van der Waals surface area contributed by atoms with E-state index in [-0.39, 0.29) is 5.56 Å². The molecular weight excluding hydrogens is 574 g/mol. The number of nitrogens with zero attached hydrogens (tertiary/aromatic N) is 3. The van der Waals surface area contributed by atoms with Crippen LogP contribution in [0.15, 0.2) is 169 Å². The third-order valence-corrected chi connectivity index (χ3v) is 10.0. The quantitative estimate of drug-likeness (QED) is 0.202. The Morgan fingerprint density at radius 3 is 1.72 bits per heavy atom. The van der Waals surface area contributed by atoms with E-state index in [0.717, 1.165) is 44.3 Å². The van der Waals surface area contributed by atoms with Crippen molar-refractivity contribution in [3.63, 3.8) is 0 Å². The first-order chi connectivity index (χ1) is 23.3. The van der Waals surface area contributed by atoms with Gasteiger partial charge in [0.15, 0.2) is 0 Å². The van der Waals surface area contributed by atoms with E-state index in [0.29, 0.717) is 11.0 Å². The van der Waals surface area contributed by atoms with Gasteiger partial charge in [0.25, 0.3) is 5.56 Å². The van der Waals surface area contributed by atoms with E-state index in [1.807, 2.05) is 30.3 Å². The van der Waals surface area contributed by atoms with Crippen LogP contribution in [0.5, 0.6) is 0 Å². The Labute approximate surface area is 270 Å². The zero-order valence-corrected chi connectivity index (χ0v) is 25.3. The fourth-order valence-corrected chi connectivity index (χ4v) is 8.15. The van der Waals surface area contributed by atoms with E-state index in [2.05, 4.69) is 138 Å². The number of para-hydroxylation sites is 4. The molecule has 0 fully saturated rings. The van der Waals surface area contributed by atoms with E-state index < -0.39 is 5.41 Å². The number of anilines is 3. The molecule has 0 N–H and O–H groups in total. The number of hydrogen-bond acceptors (Lipinski definition) is 3. The monoisotopic (exact) mass is 601 g/mol. The maximum absolute atomic E-state index is 14.2. The summed E-state index contributed by atoms with van der Waals surface area (Å²) in [5.74, 6) is 0. The van der Waals surface area contributed by atoms with Crippen LogP contribution in [-0.2, 0) is 5.41 Å². The molecule has 0 saturated carbocycles. The minimum atomic E-state index is -0.542. The normalized spacial score (nSPS) is 13.7. The lowest BCUT2D eigenvalue weighted by atomic mass is 9.62. The molecule has 0 spiro atoms. The number of hydrogen-bond donors (Lipinski definition) is 0. The number of fused-ring (bicyclic) bond motifs is 6. The molecular formula is C43H27N3O. The highest BCUT2D eigenvalue weighted by Gasteiger charge is 2.46. The van der Waals surface area contributed by atoms with Crippen LogP contribution < -0.4 is 10.5 Å². The number of rotatable bonds is 3. The van der Waals surface area contributed by atoms with Gasteiger partial charge in [-0.3, -0.25) is 9.20 Å². The van der Waals surface area contributed by atoms with E-state index in [1.54, 1.807) is 4.40 Å². The van der Waals surface area contributed by atoms with Crippen LogP contribution in [0.4, 0.5) is 17.1 Å². The molecule has 1 aliphatic heterocycles. The molecule has 0 atom stereocenters. The summed E-state index contributed by atoms with van der Waals surface area (Å²) in [5, 5.41) is 3.62. The number of imidazole rings is 1. The van der Waals surface area contributed by atoms with Crippen LogP contribution in [0.3, 0.4) is 0 Å². The smallest absolute Gasteiger partial charge is 0.264 e. The largest absolute Gasteiger partial charge is 0.309 e. The molecule has 0 unspecified atom stereocenters. The molecule has 0 bridgehead atoms. The maximum atomic E-state index is 14.2. The molecule has 2 aromatic heterocycles. The highest BCUT2D eigenvalue weighted by atomic mass is 16.1. The minimum Gasteiger partial charge on any atom is -0.309 e. The zero-order valence-electron chi connectivity index (χ0n) is 25.3. The summed E-state index contributed by atoms with van der Waals surface area (Å²) in [7, 11) is 0. The van der Waals surface area contributed by atoms with Crippen molar-refractivity contribution in [2.75, 3.05) is 4.90 Å². The van der Waals surface area contributed by atoms with Gasteiger partial charge in [-0.15, -0.1) is 0 Å². The standard InChI is InChI=1S/C43H27N3O/c47-42-32-26-27-36(30-18-13-19-31(40(30)32)41-44-35-22-9-12-25-39(35)46(41)42)45-37-23-10-7-20-33(37)43(28-14-3-1-4-15-28,29-16-5-2-6-17-29)34-21-8-11-24-38(34)45/h1-27H. The molecule has 9 aromatic rings. The number of pyridine rings is 1. The van der Waals surface area contributed by atoms with E-state index in [1.165, 1.54) is 22.3 Å². The molecule has 4 nitrogen and oxygen atoms in total. The van der Waals surface area contributed by atoms with Gasteiger partial charge in [-0.25, -0.2) is 4.98 Å². The minimum absolute atomic E-state index is 0.0458. The lowest BCUT2D eigenvalue weighted by Crippen LogP contribution is -2.37. The molecule has 10 rings (SSSR count). The van der Waals surface area contributed by atoms with Gasteiger partial charge >= 0.3 is 0 Å². The van der Waals surface area contributed by atoms with Gasteiger partial charge < -0.3 is 4.90 Å². The zero-order chi connectivity index (χ0) is 31.1. The Morgan fingerprint density at radius 2 is 1.04 bits per heavy atom. The Bertz CT molecular complexity index is 2630. The van der Waals surface area contributed by atoms with Crippen LogP contribution >= 0.6 is 0 Å². The van der Waals surface area contributed by atoms with Crippen LogP contribution in [0, 0.1) is 0 Å². The van der Waals surface area contributed by atoms with Crippen molar-refractivity contribution >= 4 is 55.3 Å². The predicted octanol–water partition coefficient (Wildman–Crippen LogP) is 9.76. The number of aromatic nitrogens is 2. The van der Waals surface area contributed by atoms with Gasteiger partial charge in [0.1, 0.15) is 5.65 Å². The average molecular weight is 602 g/mol. The molecule has 220 valence electrons. The Kier molecular flexibility index (Phi) is 5.32. The first-order valence-corrected chi connectivity index (χ1v) is 16.0. The molecule has 47 heavy (non-hydrogen) atoms. The Balaban J connectivity index is 1.33. The number of benzene rings is 7. The third kappa shape index (κ3) is 3.36. The van der Waals surface area contributed by atoms with Crippen LogP contribution in [0.2, 0.25) is 0 Å². The van der Waals surface area contributed by atoms with Gasteiger partial charge in [-0.1, -0.05) is 127 Å². The summed E-state index contributed by atoms with van der Waals surface area (Å²) in [5.41, 5.74) is 9.82. The summed E-state index contributed by atoms with van der Waals surface area (Å²) in [6.45, 7) is 0. The second-order valence-electron chi connectivity index (χ2n) is 12.3. The lowest BCUT2D eigenvalue weighted by Gasteiger charge is -2.46. The molecule has 1 aliphatic rings. The van der Waals surface area contributed by atoms with Crippen molar-refractivity contribution in [1.29, 1.82) is 0 Å². The molecule has 0 radical (unpaired) electrons. The van der Waals surface area contributed by atoms with Crippen molar-refractivity contribution in [3.05, 3.63) is 196 Å². The Hall–Kier alpha value is -6.26. The summed E-state index contributed by atoms with van der Waals surface area (Å²) >= 11 is 0. The summed E-state index contributed by atoms with van der Waals surface area (Å²) < 4.78 is 1.77. The van der Waals surface area contributed by atoms with Crippen LogP contribution in [-0.4, -0.2) is 9.38 Å². The summed E-state index contributed by atoms with van der Waals surface area (Å²) in [6.07, 6.45) is 0. The molecule has 7 aromatic carbocycles. The molecule has 0 saturated heterocycles. The van der Waals surface area contributed by atoms with Gasteiger partial charge in [-0.05, 0) is 58.7 Å². The van der Waals surface area contributed by atoms with Crippen molar-refractivity contribution in [2.45, 2.75) is 5.41 Å². The van der Waals surface area contributed by atoms with E-state index >= 15 is 0 Å². The first-order valence-electron chi connectivity index (χ1n) is 16.0. The second-order valence-corrected chi connectivity index (χ2v) is 12.3. The summed E-state index contributed by atoms with van der Waals surface area (Å²) in [4.78, 5) is 21.5. The second kappa shape index (κ2) is 9.62.